The molecule has 0 radical (unpaired) electrons. The van der Waals surface area contributed by atoms with Crippen molar-refractivity contribution >= 4 is 22.2 Å². The van der Waals surface area contributed by atoms with Crippen LogP contribution in [0.4, 0.5) is 10.7 Å². The smallest absolute Gasteiger partial charge is 0.135 e. The number of aryl methyl sites for hydroxylation is 2. The Bertz CT molecular complexity index is 565. The standard InChI is InChI=1S/C15H22N4S/c1-5-8-16-15-13(17-18-20-15)10-19(4)14-7-6-11(2)9-12(14)3/h6-7,9,16H,5,8,10H2,1-4H3. The lowest BCUT2D eigenvalue weighted by atomic mass is 10.1. The first-order valence-electron chi connectivity index (χ1n) is 6.95. The fourth-order valence-corrected chi connectivity index (χ4v) is 2.83. The molecule has 0 saturated heterocycles. The molecule has 1 N–H and O–H groups in total. The van der Waals surface area contributed by atoms with E-state index in [2.05, 4.69) is 65.8 Å². The molecule has 0 fully saturated rings. The van der Waals surface area contributed by atoms with Crippen LogP contribution in [0.1, 0.15) is 30.2 Å². The summed E-state index contributed by atoms with van der Waals surface area (Å²) in [5.41, 5.74) is 4.84. The van der Waals surface area contributed by atoms with Gasteiger partial charge in [-0.1, -0.05) is 29.1 Å². The van der Waals surface area contributed by atoms with Crippen LogP contribution in [0.2, 0.25) is 0 Å². The van der Waals surface area contributed by atoms with Gasteiger partial charge in [-0.15, -0.1) is 5.10 Å². The fourth-order valence-electron chi connectivity index (χ4n) is 2.23. The molecule has 0 aliphatic rings. The van der Waals surface area contributed by atoms with E-state index in [4.69, 9.17) is 0 Å². The van der Waals surface area contributed by atoms with Gasteiger partial charge in [0.05, 0.1) is 6.54 Å². The molecule has 1 aromatic heterocycles. The maximum Gasteiger partial charge on any atom is 0.135 e. The number of hydrogen-bond acceptors (Lipinski definition) is 5. The average Bonchev–Trinajstić information content (AvgIpc) is 2.83. The molecule has 0 aliphatic carbocycles. The Hall–Kier alpha value is -1.62. The van der Waals surface area contributed by atoms with Gasteiger partial charge < -0.3 is 10.2 Å². The average molecular weight is 290 g/mol. The fraction of sp³-hybridized carbons (Fsp3) is 0.467. The third-order valence-electron chi connectivity index (χ3n) is 3.24. The Morgan fingerprint density at radius 1 is 1.30 bits per heavy atom. The molecule has 0 aliphatic heterocycles. The number of nitrogens with zero attached hydrogens (tertiary/aromatic N) is 3. The van der Waals surface area contributed by atoms with Crippen LogP contribution in [-0.4, -0.2) is 23.2 Å². The van der Waals surface area contributed by atoms with Gasteiger partial charge in [0.2, 0.25) is 0 Å². The summed E-state index contributed by atoms with van der Waals surface area (Å²) in [6.45, 7) is 8.15. The monoisotopic (exact) mass is 290 g/mol. The maximum absolute atomic E-state index is 4.25. The zero-order valence-electron chi connectivity index (χ0n) is 12.6. The molecule has 1 heterocycles. The highest BCUT2D eigenvalue weighted by Gasteiger charge is 2.12. The molecule has 0 spiro atoms. The Morgan fingerprint density at radius 3 is 2.80 bits per heavy atom. The van der Waals surface area contributed by atoms with E-state index in [1.165, 1.54) is 28.3 Å². The minimum atomic E-state index is 0.770. The minimum absolute atomic E-state index is 0.770. The molecule has 2 rings (SSSR count). The van der Waals surface area contributed by atoms with Crippen molar-refractivity contribution in [3.8, 4) is 0 Å². The summed E-state index contributed by atoms with van der Waals surface area (Å²) >= 11 is 1.43. The number of aromatic nitrogens is 2. The van der Waals surface area contributed by atoms with Crippen LogP contribution in [0.5, 0.6) is 0 Å². The topological polar surface area (TPSA) is 41.1 Å². The summed E-state index contributed by atoms with van der Waals surface area (Å²) in [7, 11) is 2.10. The van der Waals surface area contributed by atoms with E-state index in [1.54, 1.807) is 0 Å². The maximum atomic E-state index is 4.25. The third kappa shape index (κ3) is 3.48. The molecule has 1 aromatic carbocycles. The van der Waals surface area contributed by atoms with Gasteiger partial charge in [0, 0.05) is 30.8 Å². The van der Waals surface area contributed by atoms with Crippen LogP contribution >= 0.6 is 11.5 Å². The largest absolute Gasteiger partial charge is 0.374 e. The molecule has 0 unspecified atom stereocenters. The van der Waals surface area contributed by atoms with Crippen molar-refractivity contribution in [3.05, 3.63) is 35.0 Å². The zero-order chi connectivity index (χ0) is 14.5. The SMILES string of the molecule is CCCNc1snnc1CN(C)c1ccc(C)cc1C. The Balaban J connectivity index is 2.11. The van der Waals surface area contributed by atoms with E-state index < -0.39 is 0 Å². The summed E-state index contributed by atoms with van der Waals surface area (Å²) < 4.78 is 4.06. The summed E-state index contributed by atoms with van der Waals surface area (Å²) in [4.78, 5) is 2.22. The predicted molar refractivity (Wildman–Crippen MR) is 86.7 cm³/mol. The first-order chi connectivity index (χ1) is 9.61. The number of anilines is 2. The molecule has 5 heteroatoms. The van der Waals surface area contributed by atoms with Crippen molar-refractivity contribution in [1.82, 2.24) is 9.59 Å². The molecule has 0 amide bonds. The molecule has 4 nitrogen and oxygen atoms in total. The normalized spacial score (nSPS) is 10.6. The number of rotatable bonds is 6. The van der Waals surface area contributed by atoms with Crippen molar-refractivity contribution in [3.63, 3.8) is 0 Å². The Morgan fingerprint density at radius 2 is 2.10 bits per heavy atom. The van der Waals surface area contributed by atoms with Gasteiger partial charge in [-0.25, -0.2) is 0 Å². The number of benzene rings is 1. The van der Waals surface area contributed by atoms with Gasteiger partial charge in [-0.2, -0.15) is 0 Å². The summed E-state index contributed by atoms with van der Waals surface area (Å²) in [6.07, 6.45) is 1.10. The van der Waals surface area contributed by atoms with Gasteiger partial charge in [0.25, 0.3) is 0 Å². The lowest BCUT2D eigenvalue weighted by Gasteiger charge is -2.21. The molecule has 108 valence electrons. The van der Waals surface area contributed by atoms with Crippen molar-refractivity contribution in [2.75, 3.05) is 23.8 Å². The van der Waals surface area contributed by atoms with Gasteiger partial charge in [-0.05, 0) is 31.9 Å². The summed E-state index contributed by atoms with van der Waals surface area (Å²) in [6, 6.07) is 6.53. The van der Waals surface area contributed by atoms with Crippen LogP contribution < -0.4 is 10.2 Å². The first kappa shape index (κ1) is 14.8. The van der Waals surface area contributed by atoms with Crippen molar-refractivity contribution in [2.24, 2.45) is 0 Å². The molecular weight excluding hydrogens is 268 g/mol. The zero-order valence-corrected chi connectivity index (χ0v) is 13.4. The number of hydrogen-bond donors (Lipinski definition) is 1. The van der Waals surface area contributed by atoms with Crippen LogP contribution in [-0.2, 0) is 6.54 Å². The van der Waals surface area contributed by atoms with Crippen molar-refractivity contribution in [1.29, 1.82) is 0 Å². The van der Waals surface area contributed by atoms with Gasteiger partial charge in [0.1, 0.15) is 10.7 Å². The highest BCUT2D eigenvalue weighted by atomic mass is 32.1. The van der Waals surface area contributed by atoms with Gasteiger partial charge >= 0.3 is 0 Å². The van der Waals surface area contributed by atoms with Crippen molar-refractivity contribution < 1.29 is 0 Å². The van der Waals surface area contributed by atoms with E-state index in [-0.39, 0.29) is 0 Å². The molecule has 0 atom stereocenters. The second-order valence-corrected chi connectivity index (χ2v) is 5.88. The molecular formula is C15H22N4S. The van der Waals surface area contributed by atoms with Gasteiger partial charge in [0.15, 0.2) is 0 Å². The lowest BCUT2D eigenvalue weighted by Crippen LogP contribution is -2.18. The van der Waals surface area contributed by atoms with Crippen LogP contribution in [0.3, 0.4) is 0 Å². The molecule has 2 aromatic rings. The molecule has 0 bridgehead atoms. The second kappa shape index (κ2) is 6.70. The van der Waals surface area contributed by atoms with Gasteiger partial charge in [-0.3, -0.25) is 0 Å². The van der Waals surface area contributed by atoms with E-state index >= 15 is 0 Å². The highest BCUT2D eigenvalue weighted by molar-refractivity contribution is 7.10. The van der Waals surface area contributed by atoms with E-state index in [0.29, 0.717) is 0 Å². The van der Waals surface area contributed by atoms with Crippen LogP contribution in [0.25, 0.3) is 0 Å². The first-order valence-corrected chi connectivity index (χ1v) is 7.72. The van der Waals surface area contributed by atoms with Crippen LogP contribution in [0.15, 0.2) is 18.2 Å². The Kier molecular flexibility index (Phi) is 4.95. The quantitative estimate of drug-likeness (QED) is 0.882. The molecule has 20 heavy (non-hydrogen) atoms. The summed E-state index contributed by atoms with van der Waals surface area (Å²) in [5, 5.41) is 8.72. The second-order valence-electron chi connectivity index (χ2n) is 5.12. The Labute approximate surface area is 125 Å². The summed E-state index contributed by atoms with van der Waals surface area (Å²) in [5.74, 6) is 0. The van der Waals surface area contributed by atoms with Crippen molar-refractivity contribution in [2.45, 2.75) is 33.7 Å². The lowest BCUT2D eigenvalue weighted by molar-refractivity contribution is 0.865. The highest BCUT2D eigenvalue weighted by Crippen LogP contribution is 2.24. The number of nitrogens with one attached hydrogen (secondary N) is 1. The van der Waals surface area contributed by atoms with E-state index in [1.807, 2.05) is 0 Å². The van der Waals surface area contributed by atoms with E-state index in [0.717, 1.165) is 30.2 Å². The minimum Gasteiger partial charge on any atom is -0.374 e. The third-order valence-corrected chi connectivity index (χ3v) is 3.97. The predicted octanol–water partition coefficient (Wildman–Crippen LogP) is 3.61. The molecule has 0 saturated carbocycles. The van der Waals surface area contributed by atoms with Crippen LogP contribution in [0, 0.1) is 13.8 Å². The van der Waals surface area contributed by atoms with E-state index in [9.17, 15) is 0 Å².